The van der Waals surface area contributed by atoms with Crippen LogP contribution in [0.25, 0.3) is 11.4 Å². The molecular formula is C18H24ClN5OS. The van der Waals surface area contributed by atoms with Crippen LogP contribution in [0.15, 0.2) is 29.4 Å². The van der Waals surface area contributed by atoms with Gasteiger partial charge >= 0.3 is 0 Å². The van der Waals surface area contributed by atoms with Crippen LogP contribution in [0.3, 0.4) is 0 Å². The van der Waals surface area contributed by atoms with Gasteiger partial charge in [0.05, 0.1) is 10.3 Å². The highest BCUT2D eigenvalue weighted by atomic mass is 35.5. The molecule has 0 saturated carbocycles. The average Bonchev–Trinajstić information content (AvgIpc) is 3.01. The van der Waals surface area contributed by atoms with E-state index in [0.717, 1.165) is 31.4 Å². The number of hydrogen-bond acceptors (Lipinski definition) is 5. The van der Waals surface area contributed by atoms with Crippen LogP contribution in [0.2, 0.25) is 5.02 Å². The third-order valence-electron chi connectivity index (χ3n) is 4.79. The first-order valence-corrected chi connectivity index (χ1v) is 10.2. The summed E-state index contributed by atoms with van der Waals surface area (Å²) in [6.45, 7) is 4.88. The number of halogens is 1. The lowest BCUT2D eigenvalue weighted by Crippen LogP contribution is -2.46. The fourth-order valence-corrected chi connectivity index (χ4v) is 4.40. The molecular weight excluding hydrogens is 370 g/mol. The Hall–Kier alpha value is -1.73. The van der Waals surface area contributed by atoms with Gasteiger partial charge in [-0.3, -0.25) is 4.79 Å². The van der Waals surface area contributed by atoms with Crippen molar-refractivity contribution in [1.82, 2.24) is 19.8 Å². The van der Waals surface area contributed by atoms with Crippen molar-refractivity contribution in [2.24, 2.45) is 0 Å². The number of rotatable bonds is 5. The third kappa shape index (κ3) is 3.83. The quantitative estimate of drug-likeness (QED) is 0.620. The Bertz CT molecular complexity index is 781. The highest BCUT2D eigenvalue weighted by molar-refractivity contribution is 8.00. The average molecular weight is 394 g/mol. The zero-order valence-electron chi connectivity index (χ0n) is 15.1. The molecule has 1 aromatic heterocycles. The molecule has 0 aliphatic carbocycles. The van der Waals surface area contributed by atoms with Gasteiger partial charge in [0.2, 0.25) is 11.1 Å². The van der Waals surface area contributed by atoms with E-state index >= 15 is 0 Å². The molecule has 1 amide bonds. The van der Waals surface area contributed by atoms with Gasteiger partial charge in [-0.25, -0.2) is 4.68 Å². The number of nitrogens with two attached hydrogens (primary N) is 1. The van der Waals surface area contributed by atoms with Gasteiger partial charge in [0.1, 0.15) is 0 Å². The van der Waals surface area contributed by atoms with E-state index in [1.165, 1.54) is 22.9 Å². The SMILES string of the molecule is CCC1CCCCN1C(=O)C(C)Sc1nnc(-c2ccccc2Cl)n1N. The normalized spacial score (nSPS) is 18.7. The van der Waals surface area contributed by atoms with Crippen molar-refractivity contribution in [3.05, 3.63) is 29.3 Å². The highest BCUT2D eigenvalue weighted by Crippen LogP contribution is 2.30. The Morgan fingerprint density at radius 2 is 2.15 bits per heavy atom. The molecule has 6 nitrogen and oxygen atoms in total. The first-order chi connectivity index (χ1) is 12.5. The molecule has 1 aliphatic rings. The zero-order chi connectivity index (χ0) is 18.7. The predicted molar refractivity (Wildman–Crippen MR) is 106 cm³/mol. The van der Waals surface area contributed by atoms with E-state index in [9.17, 15) is 4.79 Å². The van der Waals surface area contributed by atoms with Gasteiger partial charge in [0.25, 0.3) is 0 Å². The number of carbonyl (C=O) groups is 1. The second kappa shape index (κ2) is 8.31. The van der Waals surface area contributed by atoms with Gasteiger partial charge in [0, 0.05) is 18.2 Å². The fraction of sp³-hybridized carbons (Fsp3) is 0.500. The fourth-order valence-electron chi connectivity index (χ4n) is 3.34. The second-order valence-electron chi connectivity index (χ2n) is 6.51. The van der Waals surface area contributed by atoms with E-state index in [2.05, 4.69) is 17.1 Å². The molecule has 8 heteroatoms. The van der Waals surface area contributed by atoms with E-state index in [0.29, 0.717) is 22.0 Å². The number of carbonyl (C=O) groups excluding carboxylic acids is 1. The van der Waals surface area contributed by atoms with Gasteiger partial charge < -0.3 is 10.7 Å². The second-order valence-corrected chi connectivity index (χ2v) is 8.22. The lowest BCUT2D eigenvalue weighted by atomic mass is 10.00. The van der Waals surface area contributed by atoms with E-state index in [1.54, 1.807) is 6.07 Å². The van der Waals surface area contributed by atoms with Crippen molar-refractivity contribution in [1.29, 1.82) is 0 Å². The molecule has 1 fully saturated rings. The number of nitrogen functional groups attached to an aromatic ring is 1. The Morgan fingerprint density at radius 3 is 2.88 bits per heavy atom. The third-order valence-corrected chi connectivity index (χ3v) is 6.16. The summed E-state index contributed by atoms with van der Waals surface area (Å²) in [5.41, 5.74) is 0.720. The lowest BCUT2D eigenvalue weighted by molar-refractivity contribution is -0.134. The molecule has 3 rings (SSSR count). The van der Waals surface area contributed by atoms with Crippen LogP contribution in [0.4, 0.5) is 0 Å². The van der Waals surface area contributed by atoms with Crippen LogP contribution < -0.4 is 5.84 Å². The molecule has 0 radical (unpaired) electrons. The van der Waals surface area contributed by atoms with Gasteiger partial charge in [-0.05, 0) is 44.7 Å². The van der Waals surface area contributed by atoms with Gasteiger partial charge in [0.15, 0.2) is 5.82 Å². The minimum atomic E-state index is -0.271. The maximum atomic E-state index is 12.9. The standard InChI is InChI=1S/C18H24ClN5OS/c1-3-13-8-6-7-11-23(13)17(25)12(2)26-18-22-21-16(24(18)20)14-9-4-5-10-15(14)19/h4-5,9-10,12-13H,3,6-8,11,20H2,1-2H3. The van der Waals surface area contributed by atoms with Crippen molar-refractivity contribution in [2.75, 3.05) is 12.4 Å². The van der Waals surface area contributed by atoms with E-state index < -0.39 is 0 Å². The molecule has 1 saturated heterocycles. The monoisotopic (exact) mass is 393 g/mol. The summed E-state index contributed by atoms with van der Waals surface area (Å²) in [5, 5.41) is 9.12. The molecule has 2 N–H and O–H groups in total. The van der Waals surface area contributed by atoms with Crippen LogP contribution in [-0.2, 0) is 4.79 Å². The zero-order valence-corrected chi connectivity index (χ0v) is 16.6. The molecule has 2 unspecified atom stereocenters. The van der Waals surface area contributed by atoms with Crippen LogP contribution in [0.5, 0.6) is 0 Å². The summed E-state index contributed by atoms with van der Waals surface area (Å²) < 4.78 is 1.41. The predicted octanol–water partition coefficient (Wildman–Crippen LogP) is 3.58. The maximum Gasteiger partial charge on any atom is 0.236 e. The Labute approximate surface area is 163 Å². The van der Waals surface area contributed by atoms with Crippen LogP contribution in [-0.4, -0.2) is 43.5 Å². The smallest absolute Gasteiger partial charge is 0.236 e. The van der Waals surface area contributed by atoms with E-state index in [1.807, 2.05) is 30.0 Å². The minimum absolute atomic E-state index is 0.142. The van der Waals surface area contributed by atoms with Crippen LogP contribution >= 0.6 is 23.4 Å². The number of nitrogens with zero attached hydrogens (tertiary/aromatic N) is 4. The van der Waals surface area contributed by atoms with Crippen molar-refractivity contribution in [3.8, 4) is 11.4 Å². The largest absolute Gasteiger partial charge is 0.339 e. The maximum absolute atomic E-state index is 12.9. The topological polar surface area (TPSA) is 77.0 Å². The van der Waals surface area contributed by atoms with E-state index in [-0.39, 0.29) is 11.2 Å². The summed E-state index contributed by atoms with van der Waals surface area (Å²) >= 11 is 7.56. The Morgan fingerprint density at radius 1 is 1.38 bits per heavy atom. The molecule has 26 heavy (non-hydrogen) atoms. The summed E-state index contributed by atoms with van der Waals surface area (Å²) in [5.74, 6) is 6.80. The number of aromatic nitrogens is 3. The molecule has 2 aromatic rings. The number of thioether (sulfide) groups is 1. The molecule has 2 atom stereocenters. The first kappa shape index (κ1) is 19.0. The van der Waals surface area contributed by atoms with Crippen molar-refractivity contribution < 1.29 is 4.79 Å². The van der Waals surface area contributed by atoms with Gasteiger partial charge in [-0.15, -0.1) is 10.2 Å². The number of likely N-dealkylation sites (tertiary alicyclic amines) is 1. The highest BCUT2D eigenvalue weighted by Gasteiger charge is 2.30. The molecule has 2 heterocycles. The van der Waals surface area contributed by atoms with Crippen molar-refractivity contribution in [2.45, 2.75) is 56.0 Å². The minimum Gasteiger partial charge on any atom is -0.339 e. The van der Waals surface area contributed by atoms with Gasteiger partial charge in [-0.2, -0.15) is 0 Å². The summed E-state index contributed by atoms with van der Waals surface area (Å²) in [7, 11) is 0. The van der Waals surface area contributed by atoms with Crippen molar-refractivity contribution in [3.63, 3.8) is 0 Å². The van der Waals surface area contributed by atoms with Crippen molar-refractivity contribution >= 4 is 29.3 Å². The molecule has 0 bridgehead atoms. The lowest BCUT2D eigenvalue weighted by Gasteiger charge is -2.36. The Kier molecular flexibility index (Phi) is 6.09. The number of benzene rings is 1. The summed E-state index contributed by atoms with van der Waals surface area (Å²) in [6, 6.07) is 7.69. The molecule has 1 aliphatic heterocycles. The van der Waals surface area contributed by atoms with Crippen LogP contribution in [0, 0.1) is 0 Å². The summed E-state index contributed by atoms with van der Waals surface area (Å²) in [4.78, 5) is 14.9. The summed E-state index contributed by atoms with van der Waals surface area (Å²) in [6.07, 6.45) is 4.35. The molecule has 140 valence electrons. The number of piperidine rings is 1. The van der Waals surface area contributed by atoms with E-state index in [4.69, 9.17) is 17.4 Å². The number of amides is 1. The molecule has 1 aromatic carbocycles. The molecule has 0 spiro atoms. The first-order valence-electron chi connectivity index (χ1n) is 8.95. The van der Waals surface area contributed by atoms with Gasteiger partial charge in [-0.1, -0.05) is 42.4 Å². The number of hydrogen-bond donors (Lipinski definition) is 1. The Balaban J connectivity index is 1.75. The van der Waals surface area contributed by atoms with Crippen LogP contribution in [0.1, 0.15) is 39.5 Å².